The third kappa shape index (κ3) is 5.30. The highest BCUT2D eigenvalue weighted by Gasteiger charge is 2.15. The summed E-state index contributed by atoms with van der Waals surface area (Å²) in [5.74, 6) is 0.783. The van der Waals surface area contributed by atoms with Crippen LogP contribution in [0.25, 0.3) is 0 Å². The first kappa shape index (κ1) is 17.8. The van der Waals surface area contributed by atoms with Crippen LogP contribution in [-0.4, -0.2) is 21.4 Å². The second-order valence-electron chi connectivity index (χ2n) is 6.82. The van der Waals surface area contributed by atoms with Crippen LogP contribution < -0.4 is 15.4 Å². The van der Waals surface area contributed by atoms with Crippen molar-refractivity contribution in [2.75, 3.05) is 0 Å². The van der Waals surface area contributed by atoms with Gasteiger partial charge in [-0.2, -0.15) is 5.10 Å². The quantitative estimate of drug-likeness (QED) is 0.885. The molecule has 0 spiro atoms. The molecule has 0 aliphatic heterocycles. The molecule has 6 heteroatoms. The minimum absolute atomic E-state index is 0.111. The van der Waals surface area contributed by atoms with Crippen LogP contribution in [0.4, 0.5) is 4.79 Å². The Morgan fingerprint density at radius 1 is 1.33 bits per heavy atom. The van der Waals surface area contributed by atoms with E-state index in [-0.39, 0.29) is 17.7 Å². The first-order valence-electron chi connectivity index (χ1n) is 8.04. The number of carbonyl (C=O) groups is 1. The topological polar surface area (TPSA) is 68.2 Å². The van der Waals surface area contributed by atoms with Gasteiger partial charge in [-0.05, 0) is 33.8 Å². The lowest BCUT2D eigenvalue weighted by molar-refractivity contribution is 0.129. The zero-order chi connectivity index (χ0) is 17.7. The maximum atomic E-state index is 12.1. The van der Waals surface area contributed by atoms with Gasteiger partial charge in [0.05, 0.1) is 12.2 Å². The van der Waals surface area contributed by atoms with Gasteiger partial charge in [0.1, 0.15) is 11.4 Å². The largest absolute Gasteiger partial charge is 0.488 e. The highest BCUT2D eigenvalue weighted by molar-refractivity contribution is 5.74. The fraction of sp³-hybridized carbons (Fsp3) is 0.444. The van der Waals surface area contributed by atoms with Gasteiger partial charge in [0.2, 0.25) is 0 Å². The lowest BCUT2D eigenvalue weighted by Crippen LogP contribution is -2.36. The van der Waals surface area contributed by atoms with E-state index in [1.54, 1.807) is 10.9 Å². The molecule has 130 valence electrons. The Bertz CT molecular complexity index is 688. The molecule has 0 radical (unpaired) electrons. The van der Waals surface area contributed by atoms with Crippen LogP contribution in [0.3, 0.4) is 0 Å². The zero-order valence-corrected chi connectivity index (χ0v) is 15.0. The molecule has 0 unspecified atom stereocenters. The summed E-state index contributed by atoms with van der Waals surface area (Å²) in [4.78, 5) is 12.1. The van der Waals surface area contributed by atoms with Crippen molar-refractivity contribution in [3.8, 4) is 5.75 Å². The number of nitrogens with one attached hydrogen (secondary N) is 2. The van der Waals surface area contributed by atoms with Crippen LogP contribution in [0.5, 0.6) is 5.75 Å². The Hall–Kier alpha value is -2.50. The number of ether oxygens (including phenoxy) is 1. The van der Waals surface area contributed by atoms with Gasteiger partial charge in [-0.15, -0.1) is 0 Å². The summed E-state index contributed by atoms with van der Waals surface area (Å²) in [6.07, 6.45) is 3.63. The molecule has 1 aromatic carbocycles. The van der Waals surface area contributed by atoms with Crippen molar-refractivity contribution in [2.45, 2.75) is 45.9 Å². The lowest BCUT2D eigenvalue weighted by atomic mass is 10.1. The van der Waals surface area contributed by atoms with E-state index < -0.39 is 0 Å². The van der Waals surface area contributed by atoms with E-state index in [2.05, 4.69) is 15.7 Å². The fourth-order valence-electron chi connectivity index (χ4n) is 2.25. The van der Waals surface area contributed by atoms with Crippen molar-refractivity contribution >= 4 is 6.03 Å². The lowest BCUT2D eigenvalue weighted by Gasteiger charge is -2.23. The van der Waals surface area contributed by atoms with Crippen molar-refractivity contribution in [3.05, 3.63) is 47.8 Å². The molecule has 2 amide bonds. The van der Waals surface area contributed by atoms with Gasteiger partial charge in [-0.25, -0.2) is 4.79 Å². The minimum Gasteiger partial charge on any atom is -0.488 e. The Balaban J connectivity index is 1.92. The van der Waals surface area contributed by atoms with Crippen LogP contribution in [0.15, 0.2) is 36.7 Å². The van der Waals surface area contributed by atoms with Gasteiger partial charge >= 0.3 is 6.03 Å². The van der Waals surface area contributed by atoms with Crippen molar-refractivity contribution in [1.29, 1.82) is 0 Å². The molecule has 0 aliphatic rings. The van der Waals surface area contributed by atoms with Gasteiger partial charge in [-0.1, -0.05) is 18.2 Å². The molecule has 2 aromatic rings. The predicted molar refractivity (Wildman–Crippen MR) is 93.8 cm³/mol. The first-order chi connectivity index (χ1) is 11.2. The summed E-state index contributed by atoms with van der Waals surface area (Å²) in [6, 6.07) is 7.39. The number of amides is 2. The first-order valence-corrected chi connectivity index (χ1v) is 8.04. The number of hydrogen-bond donors (Lipinski definition) is 2. The zero-order valence-electron chi connectivity index (χ0n) is 15.0. The molecular weight excluding hydrogens is 304 g/mol. The molecule has 1 atom stereocenters. The Kier molecular flexibility index (Phi) is 5.49. The van der Waals surface area contributed by atoms with Crippen molar-refractivity contribution < 1.29 is 9.53 Å². The van der Waals surface area contributed by atoms with Crippen LogP contribution in [-0.2, 0) is 13.6 Å². The van der Waals surface area contributed by atoms with E-state index in [1.165, 1.54) is 0 Å². The summed E-state index contributed by atoms with van der Waals surface area (Å²) in [6.45, 7) is 8.32. The fourth-order valence-corrected chi connectivity index (χ4v) is 2.25. The molecule has 0 fully saturated rings. The van der Waals surface area contributed by atoms with Crippen molar-refractivity contribution in [1.82, 2.24) is 20.4 Å². The Morgan fingerprint density at radius 2 is 2.04 bits per heavy atom. The molecule has 0 saturated carbocycles. The summed E-state index contributed by atoms with van der Waals surface area (Å²) in [5, 5.41) is 9.89. The minimum atomic E-state index is -0.285. The number of para-hydroxylation sites is 1. The predicted octanol–water partition coefficient (Wildman–Crippen LogP) is 3.16. The molecule has 2 rings (SSSR count). The molecule has 1 heterocycles. The molecule has 24 heavy (non-hydrogen) atoms. The van der Waals surface area contributed by atoms with Gasteiger partial charge in [0.25, 0.3) is 0 Å². The third-order valence-corrected chi connectivity index (χ3v) is 3.40. The summed E-state index contributed by atoms with van der Waals surface area (Å²) < 4.78 is 7.65. The molecular formula is C18H26N4O2. The molecule has 0 bridgehead atoms. The van der Waals surface area contributed by atoms with Crippen LogP contribution >= 0.6 is 0 Å². The maximum Gasteiger partial charge on any atom is 0.315 e. The van der Waals surface area contributed by atoms with Crippen LogP contribution in [0, 0.1) is 0 Å². The molecule has 0 saturated heterocycles. The van der Waals surface area contributed by atoms with E-state index in [4.69, 9.17) is 4.74 Å². The molecule has 2 N–H and O–H groups in total. The number of benzene rings is 1. The van der Waals surface area contributed by atoms with E-state index in [9.17, 15) is 4.79 Å². The van der Waals surface area contributed by atoms with E-state index in [0.29, 0.717) is 6.54 Å². The van der Waals surface area contributed by atoms with Gasteiger partial charge in [-0.3, -0.25) is 4.68 Å². The van der Waals surface area contributed by atoms with Gasteiger partial charge in [0.15, 0.2) is 0 Å². The highest BCUT2D eigenvalue weighted by atomic mass is 16.5. The standard InChI is InChI=1S/C18H26N4O2/c1-13(15-11-20-22(5)12-15)21-17(23)19-10-14-8-6-7-9-16(14)24-18(2,3)4/h6-9,11-13H,10H2,1-5H3,(H2,19,21,23)/t13-/m0/s1. The molecule has 1 aromatic heterocycles. The summed E-state index contributed by atoms with van der Waals surface area (Å²) >= 11 is 0. The average Bonchev–Trinajstić information content (AvgIpc) is 2.91. The number of aryl methyl sites for hydroxylation is 1. The van der Waals surface area contributed by atoms with Crippen molar-refractivity contribution in [2.24, 2.45) is 7.05 Å². The monoisotopic (exact) mass is 330 g/mol. The molecule has 6 nitrogen and oxygen atoms in total. The summed E-state index contributed by atoms with van der Waals surface area (Å²) in [5.41, 5.74) is 1.62. The van der Waals surface area contributed by atoms with Crippen LogP contribution in [0.2, 0.25) is 0 Å². The van der Waals surface area contributed by atoms with Gasteiger partial charge < -0.3 is 15.4 Å². The normalized spacial score (nSPS) is 12.5. The SMILES string of the molecule is C[C@H](NC(=O)NCc1ccccc1OC(C)(C)C)c1cnn(C)c1. The number of aromatic nitrogens is 2. The Labute approximate surface area is 143 Å². The third-order valence-electron chi connectivity index (χ3n) is 3.40. The highest BCUT2D eigenvalue weighted by Crippen LogP contribution is 2.22. The maximum absolute atomic E-state index is 12.1. The number of hydrogen-bond acceptors (Lipinski definition) is 3. The number of urea groups is 1. The van der Waals surface area contributed by atoms with Crippen molar-refractivity contribution in [3.63, 3.8) is 0 Å². The second kappa shape index (κ2) is 7.38. The van der Waals surface area contributed by atoms with E-state index in [0.717, 1.165) is 16.9 Å². The number of carbonyl (C=O) groups excluding carboxylic acids is 1. The number of nitrogens with zero attached hydrogens (tertiary/aromatic N) is 2. The molecule has 0 aliphatic carbocycles. The van der Waals surface area contributed by atoms with E-state index in [1.807, 2.05) is 65.2 Å². The van der Waals surface area contributed by atoms with Gasteiger partial charge in [0, 0.05) is 30.9 Å². The smallest absolute Gasteiger partial charge is 0.315 e. The Morgan fingerprint density at radius 3 is 2.67 bits per heavy atom. The van der Waals surface area contributed by atoms with Crippen LogP contribution in [0.1, 0.15) is 44.9 Å². The summed E-state index contributed by atoms with van der Waals surface area (Å²) in [7, 11) is 1.85. The van der Waals surface area contributed by atoms with E-state index >= 15 is 0 Å². The number of rotatable bonds is 5. The average molecular weight is 330 g/mol. The second-order valence-corrected chi connectivity index (χ2v) is 6.82.